The second-order valence-corrected chi connectivity index (χ2v) is 9.02. The van der Waals surface area contributed by atoms with E-state index in [9.17, 15) is 18.0 Å². The zero-order chi connectivity index (χ0) is 21.6. The van der Waals surface area contributed by atoms with E-state index >= 15 is 0 Å². The number of nitrogens with zero attached hydrogens (tertiary/aromatic N) is 1. The van der Waals surface area contributed by atoms with E-state index in [4.69, 9.17) is 9.47 Å². The van der Waals surface area contributed by atoms with Gasteiger partial charge in [0.1, 0.15) is 13.2 Å². The number of hydrogen-bond donors (Lipinski definition) is 0. The molecular formula is C22H25NO6S. The van der Waals surface area contributed by atoms with Crippen molar-refractivity contribution in [1.82, 2.24) is 4.31 Å². The average molecular weight is 432 g/mol. The van der Waals surface area contributed by atoms with Crippen LogP contribution in [0.1, 0.15) is 45.5 Å². The van der Waals surface area contributed by atoms with Crippen molar-refractivity contribution >= 4 is 22.0 Å². The summed E-state index contributed by atoms with van der Waals surface area (Å²) in [4.78, 5) is 24.4. The highest BCUT2D eigenvalue weighted by atomic mass is 32.2. The third-order valence-corrected chi connectivity index (χ3v) is 6.84. The Morgan fingerprint density at radius 1 is 0.900 bits per heavy atom. The first-order valence-electron chi connectivity index (χ1n) is 9.90. The van der Waals surface area contributed by atoms with Crippen LogP contribution >= 0.6 is 0 Å². The van der Waals surface area contributed by atoms with Gasteiger partial charge in [0.05, 0.1) is 16.0 Å². The summed E-state index contributed by atoms with van der Waals surface area (Å²) in [7, 11) is -3.65. The lowest BCUT2D eigenvalue weighted by atomic mass is 10.1. The predicted octanol–water partition coefficient (Wildman–Crippen LogP) is 3.18. The second-order valence-electron chi connectivity index (χ2n) is 7.08. The van der Waals surface area contributed by atoms with Crippen LogP contribution in [0, 0.1) is 6.92 Å². The molecule has 0 atom stereocenters. The summed E-state index contributed by atoms with van der Waals surface area (Å²) in [6, 6.07) is 13.0. The van der Waals surface area contributed by atoms with E-state index in [0.717, 1.165) is 19.3 Å². The summed E-state index contributed by atoms with van der Waals surface area (Å²) < 4.78 is 37.4. The topological polar surface area (TPSA) is 90.0 Å². The lowest BCUT2D eigenvalue weighted by molar-refractivity contribution is 0.0265. The normalized spacial score (nSPS) is 14.8. The minimum absolute atomic E-state index is 0.0810. The Hall–Kier alpha value is -2.71. The molecule has 1 fully saturated rings. The molecule has 0 aliphatic carbocycles. The molecule has 1 heterocycles. The van der Waals surface area contributed by atoms with Crippen molar-refractivity contribution in [3.8, 4) is 0 Å². The highest BCUT2D eigenvalue weighted by Crippen LogP contribution is 2.23. The van der Waals surface area contributed by atoms with Crippen LogP contribution in [0.4, 0.5) is 0 Å². The Bertz CT molecular complexity index is 998. The van der Waals surface area contributed by atoms with Crippen LogP contribution < -0.4 is 0 Å². The monoisotopic (exact) mass is 431 g/mol. The summed E-state index contributed by atoms with van der Waals surface area (Å²) in [5.74, 6) is -1.16. The van der Waals surface area contributed by atoms with Crippen molar-refractivity contribution in [2.75, 3.05) is 26.3 Å². The van der Waals surface area contributed by atoms with Crippen LogP contribution in [0.15, 0.2) is 53.4 Å². The molecule has 0 spiro atoms. The molecule has 1 aliphatic heterocycles. The van der Waals surface area contributed by atoms with Gasteiger partial charge in [-0.05, 0) is 49.6 Å². The van der Waals surface area contributed by atoms with Gasteiger partial charge in [-0.15, -0.1) is 0 Å². The third kappa shape index (κ3) is 5.25. The van der Waals surface area contributed by atoms with Crippen molar-refractivity contribution < 1.29 is 27.5 Å². The number of esters is 2. The largest absolute Gasteiger partial charge is 0.458 e. The van der Waals surface area contributed by atoms with Crippen LogP contribution in [0.2, 0.25) is 0 Å². The van der Waals surface area contributed by atoms with Gasteiger partial charge in [0.2, 0.25) is 10.0 Å². The summed E-state index contributed by atoms with van der Waals surface area (Å²) >= 11 is 0. The number of sulfonamides is 1. The zero-order valence-electron chi connectivity index (χ0n) is 16.9. The van der Waals surface area contributed by atoms with Crippen molar-refractivity contribution in [2.45, 2.75) is 31.1 Å². The molecule has 30 heavy (non-hydrogen) atoms. The summed E-state index contributed by atoms with van der Waals surface area (Å²) in [5.41, 5.74) is 1.21. The Labute approximate surface area is 176 Å². The minimum Gasteiger partial charge on any atom is -0.458 e. The smallest absolute Gasteiger partial charge is 0.338 e. The maximum atomic E-state index is 12.9. The summed E-state index contributed by atoms with van der Waals surface area (Å²) in [6.45, 7) is 2.47. The number of hydrogen-bond acceptors (Lipinski definition) is 6. The van der Waals surface area contributed by atoms with Crippen molar-refractivity contribution in [2.24, 2.45) is 0 Å². The molecule has 1 aliphatic rings. The van der Waals surface area contributed by atoms with Crippen molar-refractivity contribution in [3.63, 3.8) is 0 Å². The number of carbonyl (C=O) groups is 2. The quantitative estimate of drug-likeness (QED) is 0.494. The molecular weight excluding hydrogens is 406 g/mol. The number of aryl methyl sites for hydroxylation is 1. The predicted molar refractivity (Wildman–Crippen MR) is 111 cm³/mol. The minimum atomic E-state index is -3.65. The van der Waals surface area contributed by atoms with E-state index < -0.39 is 22.0 Å². The van der Waals surface area contributed by atoms with E-state index in [1.807, 2.05) is 0 Å². The highest BCUT2D eigenvalue weighted by molar-refractivity contribution is 7.89. The van der Waals surface area contributed by atoms with Gasteiger partial charge in [-0.3, -0.25) is 0 Å². The first-order valence-corrected chi connectivity index (χ1v) is 11.3. The lowest BCUT2D eigenvalue weighted by Crippen LogP contribution is -2.35. The molecule has 160 valence electrons. The van der Waals surface area contributed by atoms with Gasteiger partial charge in [0.25, 0.3) is 0 Å². The van der Waals surface area contributed by atoms with E-state index in [1.54, 1.807) is 43.3 Å². The zero-order valence-corrected chi connectivity index (χ0v) is 17.7. The van der Waals surface area contributed by atoms with Gasteiger partial charge < -0.3 is 9.47 Å². The van der Waals surface area contributed by atoms with Crippen LogP contribution in [-0.2, 0) is 19.5 Å². The molecule has 8 heteroatoms. The molecule has 0 radical (unpaired) electrons. The first-order chi connectivity index (χ1) is 14.4. The maximum absolute atomic E-state index is 12.9. The molecule has 3 rings (SSSR count). The van der Waals surface area contributed by atoms with Gasteiger partial charge in [-0.25, -0.2) is 18.0 Å². The molecule has 0 bridgehead atoms. The van der Waals surface area contributed by atoms with E-state index in [1.165, 1.54) is 16.4 Å². The molecule has 7 nitrogen and oxygen atoms in total. The van der Waals surface area contributed by atoms with Crippen LogP contribution in [-0.4, -0.2) is 51.0 Å². The highest BCUT2D eigenvalue weighted by Gasteiger charge is 2.27. The third-order valence-electron chi connectivity index (χ3n) is 4.94. The molecule has 2 aromatic rings. The first kappa shape index (κ1) is 22.0. The van der Waals surface area contributed by atoms with E-state index in [2.05, 4.69) is 0 Å². The van der Waals surface area contributed by atoms with Crippen LogP contribution in [0.5, 0.6) is 0 Å². The van der Waals surface area contributed by atoms with E-state index in [0.29, 0.717) is 24.2 Å². The SMILES string of the molecule is Cc1ccc(S(=O)(=O)N2CCCCC2)cc1C(=O)OCCOC(=O)c1ccccc1. The van der Waals surface area contributed by atoms with Crippen LogP contribution in [0.25, 0.3) is 0 Å². The molecule has 2 aromatic carbocycles. The van der Waals surface area contributed by atoms with Crippen LogP contribution in [0.3, 0.4) is 0 Å². The number of carbonyl (C=O) groups excluding carboxylic acids is 2. The maximum Gasteiger partial charge on any atom is 0.338 e. The molecule has 0 amide bonds. The van der Waals surface area contributed by atoms with E-state index in [-0.39, 0.29) is 23.7 Å². The Balaban J connectivity index is 1.60. The van der Waals surface area contributed by atoms with Gasteiger partial charge in [0.15, 0.2) is 0 Å². The Kier molecular flexibility index (Phi) is 7.23. The second kappa shape index (κ2) is 9.86. The fourth-order valence-electron chi connectivity index (χ4n) is 3.24. The lowest BCUT2D eigenvalue weighted by Gasteiger charge is -2.26. The fourth-order valence-corrected chi connectivity index (χ4v) is 4.78. The summed E-state index contributed by atoms with van der Waals surface area (Å²) in [5, 5.41) is 0. The molecule has 1 saturated heterocycles. The number of piperidine rings is 1. The van der Waals surface area contributed by atoms with Crippen molar-refractivity contribution in [1.29, 1.82) is 0 Å². The summed E-state index contributed by atoms with van der Waals surface area (Å²) in [6.07, 6.45) is 2.69. The van der Waals surface area contributed by atoms with Gasteiger partial charge in [-0.1, -0.05) is 30.7 Å². The molecule has 0 N–H and O–H groups in total. The number of benzene rings is 2. The molecule has 0 saturated carbocycles. The number of rotatable bonds is 7. The average Bonchev–Trinajstić information content (AvgIpc) is 2.77. The Morgan fingerprint density at radius 2 is 1.53 bits per heavy atom. The standard InChI is InChI=1S/C22H25NO6S/c1-17-10-11-19(30(26,27)23-12-6-3-7-13-23)16-20(17)22(25)29-15-14-28-21(24)18-8-4-2-5-9-18/h2,4-5,8-11,16H,3,6-7,12-15H2,1H3. The van der Waals surface area contributed by atoms with Gasteiger partial charge in [-0.2, -0.15) is 4.31 Å². The van der Waals surface area contributed by atoms with Gasteiger partial charge >= 0.3 is 11.9 Å². The fraction of sp³-hybridized carbons (Fsp3) is 0.364. The Morgan fingerprint density at radius 3 is 2.20 bits per heavy atom. The van der Waals surface area contributed by atoms with Gasteiger partial charge in [0, 0.05) is 13.1 Å². The molecule has 0 aromatic heterocycles. The van der Waals surface area contributed by atoms with Crippen molar-refractivity contribution in [3.05, 3.63) is 65.2 Å². The molecule has 0 unspecified atom stereocenters. The number of ether oxygens (including phenoxy) is 2.